The van der Waals surface area contributed by atoms with Crippen LogP contribution in [0, 0.1) is 0 Å². The van der Waals surface area contributed by atoms with E-state index < -0.39 is 0 Å². The summed E-state index contributed by atoms with van der Waals surface area (Å²) in [5.41, 5.74) is 0. The average Bonchev–Trinajstić information content (AvgIpc) is 2.50. The molecule has 0 unspecified atom stereocenters. The van der Waals surface area contributed by atoms with Crippen molar-refractivity contribution in [3.8, 4) is 5.88 Å². The molecule has 0 aliphatic heterocycles. The van der Waals surface area contributed by atoms with E-state index in [-0.39, 0.29) is 0 Å². The molecule has 1 rings (SSSR count). The minimum atomic E-state index is 0.664. The van der Waals surface area contributed by atoms with Crippen LogP contribution in [0.5, 0.6) is 5.88 Å². The monoisotopic (exact) mass is 294 g/mol. The van der Waals surface area contributed by atoms with Crippen LogP contribution < -0.4 is 10.1 Å². The molecule has 0 aliphatic rings. The van der Waals surface area contributed by atoms with Gasteiger partial charge in [0.2, 0.25) is 5.88 Å². The summed E-state index contributed by atoms with van der Waals surface area (Å²) < 4.78 is 5.82. The normalized spacial score (nSPS) is 10.9. The van der Waals surface area contributed by atoms with Crippen LogP contribution in [0.4, 0.5) is 5.82 Å². The Morgan fingerprint density at radius 3 is 2.48 bits per heavy atom. The lowest BCUT2D eigenvalue weighted by molar-refractivity contribution is 0.217. The number of aromatic nitrogens is 2. The predicted molar refractivity (Wildman–Crippen MR) is 88.1 cm³/mol. The Balaban J connectivity index is 2.63. The number of likely N-dealkylation sites (N-methyl/N-ethyl adjacent to an activating group) is 1. The number of anilines is 1. The van der Waals surface area contributed by atoms with Crippen LogP contribution >= 0.6 is 0 Å². The number of nitrogens with one attached hydrogen (secondary N) is 1. The van der Waals surface area contributed by atoms with Crippen molar-refractivity contribution in [3.05, 3.63) is 11.9 Å². The summed E-state index contributed by atoms with van der Waals surface area (Å²) in [5.74, 6) is 2.41. The third-order valence-corrected chi connectivity index (χ3v) is 3.33. The summed E-state index contributed by atoms with van der Waals surface area (Å²) in [6.07, 6.45) is 3.00. The molecule has 21 heavy (non-hydrogen) atoms. The highest BCUT2D eigenvalue weighted by Crippen LogP contribution is 2.14. The van der Waals surface area contributed by atoms with Crippen LogP contribution in [0.15, 0.2) is 6.07 Å². The Morgan fingerprint density at radius 1 is 1.10 bits per heavy atom. The van der Waals surface area contributed by atoms with Crippen molar-refractivity contribution in [1.29, 1.82) is 0 Å². The van der Waals surface area contributed by atoms with Gasteiger partial charge in [-0.1, -0.05) is 27.7 Å². The molecule has 0 bridgehead atoms. The Morgan fingerprint density at radius 2 is 1.86 bits per heavy atom. The smallest absolute Gasteiger partial charge is 0.218 e. The highest BCUT2D eigenvalue weighted by Gasteiger charge is 2.06. The van der Waals surface area contributed by atoms with Gasteiger partial charge in [0.1, 0.15) is 18.2 Å². The Hall–Kier alpha value is -1.36. The second-order valence-electron chi connectivity index (χ2n) is 5.06. The second kappa shape index (κ2) is 10.4. The lowest BCUT2D eigenvalue weighted by Crippen LogP contribution is -2.28. The van der Waals surface area contributed by atoms with Crippen LogP contribution in [0.25, 0.3) is 0 Å². The number of hydrogen-bond donors (Lipinski definition) is 1. The van der Waals surface area contributed by atoms with Crippen LogP contribution in [0.3, 0.4) is 0 Å². The molecule has 0 spiro atoms. The molecule has 0 atom stereocenters. The Kier molecular flexibility index (Phi) is 8.74. The fourth-order valence-electron chi connectivity index (χ4n) is 2.04. The van der Waals surface area contributed by atoms with Gasteiger partial charge in [-0.15, -0.1) is 0 Å². The maximum Gasteiger partial charge on any atom is 0.218 e. The molecule has 5 nitrogen and oxygen atoms in total. The average molecular weight is 294 g/mol. The molecule has 0 aliphatic carbocycles. The van der Waals surface area contributed by atoms with Crippen LogP contribution in [-0.4, -0.2) is 47.7 Å². The minimum Gasteiger partial charge on any atom is -0.476 e. The summed E-state index contributed by atoms with van der Waals surface area (Å²) in [7, 11) is 0. The van der Waals surface area contributed by atoms with Crippen molar-refractivity contribution in [2.24, 2.45) is 0 Å². The Labute approximate surface area is 129 Å². The van der Waals surface area contributed by atoms with Crippen molar-refractivity contribution in [3.63, 3.8) is 0 Å². The van der Waals surface area contributed by atoms with E-state index in [1.807, 2.05) is 6.07 Å². The van der Waals surface area contributed by atoms with E-state index in [0.29, 0.717) is 12.5 Å². The molecule has 1 aromatic rings. The standard InChI is InChI=1S/C16H30N4O/c1-5-9-14-18-15(17-10-6-2)13-16(19-14)21-12-11-20(7-3)8-4/h13H,5-12H2,1-4H3,(H,17,18,19). The summed E-state index contributed by atoms with van der Waals surface area (Å²) in [6, 6.07) is 1.90. The van der Waals surface area contributed by atoms with Gasteiger partial charge in [0.05, 0.1) is 0 Å². The van der Waals surface area contributed by atoms with E-state index in [2.05, 4.69) is 47.9 Å². The van der Waals surface area contributed by atoms with Gasteiger partial charge < -0.3 is 15.0 Å². The fourth-order valence-corrected chi connectivity index (χ4v) is 2.04. The van der Waals surface area contributed by atoms with Crippen LogP contribution in [0.1, 0.15) is 46.4 Å². The lowest BCUT2D eigenvalue weighted by Gasteiger charge is -2.18. The topological polar surface area (TPSA) is 50.3 Å². The first-order valence-corrected chi connectivity index (χ1v) is 8.20. The van der Waals surface area contributed by atoms with Gasteiger partial charge in [-0.3, -0.25) is 0 Å². The molecule has 1 heterocycles. The van der Waals surface area contributed by atoms with Crippen molar-refractivity contribution in [2.75, 3.05) is 38.1 Å². The maximum absolute atomic E-state index is 5.82. The van der Waals surface area contributed by atoms with Gasteiger partial charge in [-0.25, -0.2) is 4.98 Å². The molecule has 0 amide bonds. The molecule has 1 N–H and O–H groups in total. The third-order valence-electron chi connectivity index (χ3n) is 3.33. The maximum atomic E-state index is 5.82. The fraction of sp³-hybridized carbons (Fsp3) is 0.750. The zero-order valence-corrected chi connectivity index (χ0v) is 14.0. The quantitative estimate of drug-likeness (QED) is 0.680. The van der Waals surface area contributed by atoms with E-state index in [1.165, 1.54) is 0 Å². The third kappa shape index (κ3) is 6.76. The molecular formula is C16H30N4O. The highest BCUT2D eigenvalue weighted by molar-refractivity contribution is 5.38. The summed E-state index contributed by atoms with van der Waals surface area (Å²) >= 11 is 0. The molecular weight excluding hydrogens is 264 g/mol. The van der Waals surface area contributed by atoms with E-state index >= 15 is 0 Å². The second-order valence-corrected chi connectivity index (χ2v) is 5.06. The van der Waals surface area contributed by atoms with Gasteiger partial charge in [0.25, 0.3) is 0 Å². The Bertz CT molecular complexity index is 394. The first kappa shape index (κ1) is 17.7. The summed E-state index contributed by atoms with van der Waals surface area (Å²) in [4.78, 5) is 11.3. The molecule has 0 fully saturated rings. The molecule has 0 aromatic carbocycles. The molecule has 0 radical (unpaired) electrons. The number of ether oxygens (including phenoxy) is 1. The van der Waals surface area contributed by atoms with Gasteiger partial charge in [-0.05, 0) is 25.9 Å². The number of aryl methyl sites for hydroxylation is 1. The van der Waals surface area contributed by atoms with E-state index in [4.69, 9.17) is 4.74 Å². The predicted octanol–water partition coefficient (Wildman–Crippen LogP) is 2.97. The van der Waals surface area contributed by atoms with Crippen molar-refractivity contribution in [2.45, 2.75) is 47.0 Å². The molecule has 1 aromatic heterocycles. The zero-order chi connectivity index (χ0) is 15.5. The molecule has 0 saturated carbocycles. The van der Waals surface area contributed by atoms with E-state index in [9.17, 15) is 0 Å². The van der Waals surface area contributed by atoms with Crippen molar-refractivity contribution in [1.82, 2.24) is 14.9 Å². The summed E-state index contributed by atoms with van der Waals surface area (Å²) in [6.45, 7) is 13.2. The number of nitrogens with zero attached hydrogens (tertiary/aromatic N) is 3. The van der Waals surface area contributed by atoms with Gasteiger partial charge in [0.15, 0.2) is 0 Å². The highest BCUT2D eigenvalue weighted by atomic mass is 16.5. The molecule has 120 valence electrons. The van der Waals surface area contributed by atoms with Gasteiger partial charge in [0, 0.05) is 25.6 Å². The first-order chi connectivity index (χ1) is 10.2. The van der Waals surface area contributed by atoms with Crippen LogP contribution in [-0.2, 0) is 6.42 Å². The first-order valence-electron chi connectivity index (χ1n) is 8.20. The minimum absolute atomic E-state index is 0.664. The molecule has 0 saturated heterocycles. The van der Waals surface area contributed by atoms with Crippen molar-refractivity contribution >= 4 is 5.82 Å². The van der Waals surface area contributed by atoms with Crippen molar-refractivity contribution < 1.29 is 4.74 Å². The SMILES string of the molecule is CCCNc1cc(OCCN(CC)CC)nc(CCC)n1. The molecule has 5 heteroatoms. The largest absolute Gasteiger partial charge is 0.476 e. The van der Waals surface area contributed by atoms with E-state index in [1.54, 1.807) is 0 Å². The van der Waals surface area contributed by atoms with Gasteiger partial charge in [-0.2, -0.15) is 4.98 Å². The van der Waals surface area contributed by atoms with E-state index in [0.717, 1.165) is 57.1 Å². The summed E-state index contributed by atoms with van der Waals surface area (Å²) in [5, 5.41) is 3.31. The number of rotatable bonds is 11. The van der Waals surface area contributed by atoms with Crippen LogP contribution in [0.2, 0.25) is 0 Å². The zero-order valence-electron chi connectivity index (χ0n) is 14.0. The lowest BCUT2D eigenvalue weighted by atomic mass is 10.3. The van der Waals surface area contributed by atoms with Gasteiger partial charge >= 0.3 is 0 Å². The number of hydrogen-bond acceptors (Lipinski definition) is 5.